The predicted molar refractivity (Wildman–Crippen MR) is 115 cm³/mol. The maximum atomic E-state index is 11.9. The molecule has 1 unspecified atom stereocenters. The molecule has 2 aromatic rings. The van der Waals surface area contributed by atoms with E-state index in [4.69, 9.17) is 15.7 Å². The van der Waals surface area contributed by atoms with E-state index in [-0.39, 0.29) is 11.8 Å². The van der Waals surface area contributed by atoms with Crippen molar-refractivity contribution in [3.8, 4) is 0 Å². The van der Waals surface area contributed by atoms with Gasteiger partial charge < -0.3 is 11.1 Å². The summed E-state index contributed by atoms with van der Waals surface area (Å²) >= 11 is 0. The van der Waals surface area contributed by atoms with E-state index in [2.05, 4.69) is 15.1 Å². The van der Waals surface area contributed by atoms with E-state index >= 15 is 0 Å². The topological polar surface area (TPSA) is 87.4 Å². The number of nitrogens with two attached hydrogens (primary N) is 1. The number of nitrogens with one attached hydrogen (secondary N) is 1. The normalized spacial score (nSPS) is 20.0. The number of primary amides is 1. The van der Waals surface area contributed by atoms with Crippen LogP contribution in [0.1, 0.15) is 38.9 Å². The van der Waals surface area contributed by atoms with Gasteiger partial charge in [0.05, 0.1) is 12.1 Å². The van der Waals surface area contributed by atoms with E-state index in [0.29, 0.717) is 5.82 Å². The van der Waals surface area contributed by atoms with Crippen LogP contribution in [0.5, 0.6) is 0 Å². The van der Waals surface area contributed by atoms with E-state index in [0.717, 1.165) is 55.5 Å². The van der Waals surface area contributed by atoms with Crippen LogP contribution in [0, 0.1) is 5.92 Å². The Balaban J connectivity index is 1.51. The average Bonchev–Trinajstić information content (AvgIpc) is 2.65. The summed E-state index contributed by atoms with van der Waals surface area (Å²) in [4.78, 5) is 26.5. The van der Waals surface area contributed by atoms with Gasteiger partial charge in [0, 0.05) is 37.6 Å². The molecule has 3 N–H and O–H groups in total. The molecule has 1 saturated heterocycles. The number of carbonyl (C=O) groups excluding carboxylic acids is 1. The molecule has 1 aliphatic carbocycles. The van der Waals surface area contributed by atoms with Crippen LogP contribution in [0.2, 0.25) is 0 Å². The van der Waals surface area contributed by atoms with Crippen LogP contribution in [0.4, 0.5) is 5.82 Å². The van der Waals surface area contributed by atoms with Crippen molar-refractivity contribution < 1.29 is 4.79 Å². The molecule has 1 saturated carbocycles. The van der Waals surface area contributed by atoms with Crippen molar-refractivity contribution in [1.82, 2.24) is 19.8 Å². The molecule has 156 valence electrons. The monoisotopic (exact) mass is 396 g/mol. The highest BCUT2D eigenvalue weighted by atomic mass is 16.1. The van der Waals surface area contributed by atoms with E-state index in [9.17, 15) is 4.79 Å². The molecular formula is C22H32N6O. The number of hydrogen-bond donors (Lipinski definition) is 2. The molecule has 1 aromatic heterocycles. The molecule has 7 nitrogen and oxygen atoms in total. The second-order valence-electron chi connectivity index (χ2n) is 8.67. The molecule has 0 spiro atoms. The Hall–Kier alpha value is -2.25. The van der Waals surface area contributed by atoms with Gasteiger partial charge in [-0.3, -0.25) is 14.6 Å². The number of carbonyl (C=O) groups is 1. The first-order valence-corrected chi connectivity index (χ1v) is 10.8. The number of hydrogen-bond acceptors (Lipinski definition) is 6. The Morgan fingerprint density at radius 2 is 1.90 bits per heavy atom. The third kappa shape index (κ3) is 4.51. The molecule has 2 fully saturated rings. The Kier molecular flexibility index (Phi) is 5.96. The van der Waals surface area contributed by atoms with E-state index in [1.807, 2.05) is 38.1 Å². The quantitative estimate of drug-likeness (QED) is 0.746. The van der Waals surface area contributed by atoms with Gasteiger partial charge in [0.2, 0.25) is 5.91 Å². The lowest BCUT2D eigenvalue weighted by Crippen LogP contribution is -2.51. The highest BCUT2D eigenvalue weighted by Crippen LogP contribution is 2.26. The van der Waals surface area contributed by atoms with Crippen LogP contribution < -0.4 is 11.1 Å². The number of aromatic nitrogens is 2. The smallest absolute Gasteiger partial charge is 0.240 e. The van der Waals surface area contributed by atoms with Crippen molar-refractivity contribution >= 4 is 22.6 Å². The summed E-state index contributed by atoms with van der Waals surface area (Å²) in [6, 6.07) is 8.27. The van der Waals surface area contributed by atoms with Gasteiger partial charge in [0.1, 0.15) is 17.7 Å². The van der Waals surface area contributed by atoms with Gasteiger partial charge in [-0.15, -0.1) is 0 Å². The first-order chi connectivity index (χ1) is 14.0. The molecule has 4 rings (SSSR count). The summed E-state index contributed by atoms with van der Waals surface area (Å²) < 4.78 is 0. The summed E-state index contributed by atoms with van der Waals surface area (Å²) in [6.45, 7) is 9.03. The van der Waals surface area contributed by atoms with Crippen LogP contribution in [-0.2, 0) is 11.3 Å². The Labute approximate surface area is 172 Å². The van der Waals surface area contributed by atoms with Crippen LogP contribution in [0.3, 0.4) is 0 Å². The van der Waals surface area contributed by atoms with Crippen molar-refractivity contribution in [1.29, 1.82) is 0 Å². The number of piperazine rings is 1. The lowest BCUT2D eigenvalue weighted by molar-refractivity contribution is -0.119. The van der Waals surface area contributed by atoms with Gasteiger partial charge in [-0.1, -0.05) is 32.4 Å². The van der Waals surface area contributed by atoms with Gasteiger partial charge in [-0.25, -0.2) is 9.97 Å². The number of fused-ring (bicyclic) bond motifs is 1. The van der Waals surface area contributed by atoms with Crippen LogP contribution in [0.25, 0.3) is 10.9 Å². The van der Waals surface area contributed by atoms with Crippen molar-refractivity contribution in [2.45, 2.75) is 51.7 Å². The van der Waals surface area contributed by atoms with Crippen molar-refractivity contribution in [2.75, 3.05) is 31.5 Å². The fourth-order valence-corrected chi connectivity index (χ4v) is 4.26. The minimum atomic E-state index is -0.466. The Morgan fingerprint density at radius 1 is 1.17 bits per heavy atom. The third-order valence-electron chi connectivity index (χ3n) is 6.28. The third-order valence-corrected chi connectivity index (χ3v) is 6.28. The zero-order chi connectivity index (χ0) is 20.4. The summed E-state index contributed by atoms with van der Waals surface area (Å²) in [5, 5.41) is 4.20. The van der Waals surface area contributed by atoms with Crippen molar-refractivity contribution in [3.63, 3.8) is 0 Å². The maximum absolute atomic E-state index is 11.9. The van der Waals surface area contributed by atoms with Crippen molar-refractivity contribution in [2.24, 2.45) is 11.7 Å². The zero-order valence-electron chi connectivity index (χ0n) is 17.5. The molecule has 1 atom stereocenters. The largest absolute Gasteiger partial charge is 0.368 e. The van der Waals surface area contributed by atoms with Crippen LogP contribution in [0.15, 0.2) is 24.3 Å². The lowest BCUT2D eigenvalue weighted by Gasteiger charge is -2.42. The highest BCUT2D eigenvalue weighted by molar-refractivity contribution is 5.91. The summed E-state index contributed by atoms with van der Waals surface area (Å²) in [7, 11) is 0. The SMILES string of the molecule is CC(C)C(Nc1nc(CN2CCN(C3CCC3)CC2)nc2ccccc12)C(N)=O. The van der Waals surface area contributed by atoms with Crippen molar-refractivity contribution in [3.05, 3.63) is 30.1 Å². The number of benzene rings is 1. The Bertz CT molecular complexity index is 858. The molecule has 29 heavy (non-hydrogen) atoms. The molecule has 1 aliphatic heterocycles. The molecule has 1 aromatic carbocycles. The van der Waals surface area contributed by atoms with Crippen LogP contribution in [-0.4, -0.2) is 63.9 Å². The van der Waals surface area contributed by atoms with Gasteiger partial charge in [-0.2, -0.15) is 0 Å². The van der Waals surface area contributed by atoms with E-state index < -0.39 is 6.04 Å². The lowest BCUT2D eigenvalue weighted by atomic mass is 9.91. The van der Waals surface area contributed by atoms with Gasteiger partial charge in [0.25, 0.3) is 0 Å². The molecule has 1 amide bonds. The first kappa shape index (κ1) is 20.0. The highest BCUT2D eigenvalue weighted by Gasteiger charge is 2.28. The zero-order valence-corrected chi connectivity index (χ0v) is 17.5. The summed E-state index contributed by atoms with van der Waals surface area (Å²) in [5.41, 5.74) is 6.50. The molecule has 7 heteroatoms. The number of nitrogens with zero attached hydrogens (tertiary/aromatic N) is 4. The number of amides is 1. The predicted octanol–water partition coefficient (Wildman–Crippen LogP) is 2.22. The maximum Gasteiger partial charge on any atom is 0.240 e. The number of anilines is 1. The minimum absolute atomic E-state index is 0.0734. The first-order valence-electron chi connectivity index (χ1n) is 10.8. The van der Waals surface area contributed by atoms with Gasteiger partial charge >= 0.3 is 0 Å². The second-order valence-corrected chi connectivity index (χ2v) is 8.67. The van der Waals surface area contributed by atoms with Gasteiger partial charge in [-0.05, 0) is 30.9 Å². The molecule has 2 aliphatic rings. The second kappa shape index (κ2) is 8.63. The standard InChI is InChI=1S/C22H32N6O/c1-15(2)20(21(23)29)26-22-17-8-3-4-9-18(17)24-19(25-22)14-27-10-12-28(13-11-27)16-6-5-7-16/h3-4,8-9,15-16,20H,5-7,10-14H2,1-2H3,(H2,23,29)(H,24,25,26). The summed E-state index contributed by atoms with van der Waals surface area (Å²) in [6.07, 6.45) is 4.10. The molecular weight excluding hydrogens is 364 g/mol. The van der Waals surface area contributed by atoms with E-state index in [1.54, 1.807) is 0 Å². The fourth-order valence-electron chi connectivity index (χ4n) is 4.26. The average molecular weight is 397 g/mol. The molecule has 2 heterocycles. The minimum Gasteiger partial charge on any atom is -0.368 e. The van der Waals surface area contributed by atoms with Gasteiger partial charge in [0.15, 0.2) is 0 Å². The number of rotatable bonds is 7. The Morgan fingerprint density at radius 3 is 2.52 bits per heavy atom. The summed E-state index contributed by atoms with van der Waals surface area (Å²) in [5.74, 6) is 1.19. The molecule has 0 radical (unpaired) electrons. The number of para-hydroxylation sites is 1. The fraction of sp³-hybridized carbons (Fsp3) is 0.591. The van der Waals surface area contributed by atoms with Crippen LogP contribution >= 0.6 is 0 Å². The van der Waals surface area contributed by atoms with E-state index in [1.165, 1.54) is 19.3 Å². The molecule has 0 bridgehead atoms.